The first-order valence-electron chi connectivity index (χ1n) is 9.72. The number of amides is 1. The molecule has 1 fully saturated rings. The summed E-state index contributed by atoms with van der Waals surface area (Å²) in [4.78, 5) is 16.0. The Labute approximate surface area is 175 Å². The van der Waals surface area contributed by atoms with Gasteiger partial charge in [-0.15, -0.1) is 11.3 Å². The number of hydrogen-bond acceptors (Lipinski definition) is 4. The van der Waals surface area contributed by atoms with Gasteiger partial charge in [0.25, 0.3) is 5.91 Å². The monoisotopic (exact) mass is 428 g/mol. The van der Waals surface area contributed by atoms with Crippen molar-refractivity contribution in [2.45, 2.75) is 25.2 Å². The van der Waals surface area contributed by atoms with E-state index >= 15 is 0 Å². The van der Waals surface area contributed by atoms with Gasteiger partial charge in [0.15, 0.2) is 0 Å². The van der Waals surface area contributed by atoms with Gasteiger partial charge >= 0.3 is 0 Å². The van der Waals surface area contributed by atoms with Crippen molar-refractivity contribution in [3.8, 4) is 0 Å². The average Bonchev–Trinajstić information content (AvgIpc) is 2.89. The standard InChI is InChI=1S/C22H24N2O3S2/c1-16-8-10-18(11-9-16)29(26,27)24-13-5-12-23(14-15-24)22(25)21-17(2)19-6-3-4-7-20(19)28-21/h3-4,6-11H,5,12-15H2,1-2H3. The maximum absolute atomic E-state index is 13.2. The van der Waals surface area contributed by atoms with E-state index in [0.717, 1.165) is 26.1 Å². The molecule has 7 heteroatoms. The van der Waals surface area contributed by atoms with Crippen molar-refractivity contribution >= 4 is 37.4 Å². The molecule has 1 aromatic heterocycles. The second kappa shape index (κ2) is 7.89. The van der Waals surface area contributed by atoms with Crippen LogP contribution in [0.1, 0.15) is 27.2 Å². The van der Waals surface area contributed by atoms with Gasteiger partial charge in [-0.05, 0) is 49.4 Å². The second-order valence-electron chi connectivity index (χ2n) is 7.42. The first-order valence-corrected chi connectivity index (χ1v) is 12.0. The normalized spacial score (nSPS) is 16.1. The van der Waals surface area contributed by atoms with E-state index in [1.54, 1.807) is 17.0 Å². The number of nitrogens with zero attached hydrogens (tertiary/aromatic N) is 2. The van der Waals surface area contributed by atoms with Crippen LogP contribution in [0.4, 0.5) is 0 Å². The number of benzene rings is 2. The molecule has 1 amide bonds. The van der Waals surface area contributed by atoms with Crippen molar-refractivity contribution in [2.75, 3.05) is 26.2 Å². The van der Waals surface area contributed by atoms with Crippen LogP contribution in [-0.4, -0.2) is 49.7 Å². The van der Waals surface area contributed by atoms with Crippen molar-refractivity contribution in [1.82, 2.24) is 9.21 Å². The molecule has 0 atom stereocenters. The summed E-state index contributed by atoms with van der Waals surface area (Å²) in [6.07, 6.45) is 0.626. The summed E-state index contributed by atoms with van der Waals surface area (Å²) in [5.41, 5.74) is 2.03. The Bertz CT molecular complexity index is 1150. The Balaban J connectivity index is 1.53. The van der Waals surface area contributed by atoms with Gasteiger partial charge in [-0.2, -0.15) is 4.31 Å². The number of hydrogen-bond donors (Lipinski definition) is 0. The van der Waals surface area contributed by atoms with Gasteiger partial charge < -0.3 is 4.90 Å². The largest absolute Gasteiger partial charge is 0.337 e. The van der Waals surface area contributed by atoms with E-state index in [1.165, 1.54) is 15.6 Å². The summed E-state index contributed by atoms with van der Waals surface area (Å²) in [6, 6.07) is 15.0. The average molecular weight is 429 g/mol. The number of sulfonamides is 1. The number of aryl methyl sites for hydroxylation is 2. The molecule has 152 valence electrons. The molecular weight excluding hydrogens is 404 g/mol. The minimum absolute atomic E-state index is 0.00159. The molecule has 1 aliphatic heterocycles. The Morgan fingerprint density at radius 2 is 1.66 bits per heavy atom. The van der Waals surface area contributed by atoms with Crippen LogP contribution in [0.5, 0.6) is 0 Å². The minimum Gasteiger partial charge on any atom is -0.337 e. The smallest absolute Gasteiger partial charge is 0.264 e. The molecule has 4 rings (SSSR count). The summed E-state index contributed by atoms with van der Waals surface area (Å²) in [5.74, 6) is -0.00159. The molecule has 0 N–H and O–H groups in total. The molecule has 0 bridgehead atoms. The third-order valence-corrected chi connectivity index (χ3v) is 8.61. The zero-order valence-electron chi connectivity index (χ0n) is 16.6. The molecule has 1 saturated heterocycles. The lowest BCUT2D eigenvalue weighted by Crippen LogP contribution is -2.37. The SMILES string of the molecule is Cc1ccc(S(=O)(=O)N2CCCN(C(=O)c3sc4ccccc4c3C)CC2)cc1. The molecule has 0 radical (unpaired) electrons. The number of carbonyl (C=O) groups excluding carboxylic acids is 1. The molecule has 0 unspecified atom stereocenters. The fourth-order valence-electron chi connectivity index (χ4n) is 3.72. The second-order valence-corrected chi connectivity index (χ2v) is 10.4. The number of rotatable bonds is 3. The van der Waals surface area contributed by atoms with Crippen LogP contribution in [0.15, 0.2) is 53.4 Å². The van der Waals surface area contributed by atoms with Gasteiger partial charge in [-0.25, -0.2) is 8.42 Å². The third kappa shape index (κ3) is 3.82. The number of carbonyl (C=O) groups is 1. The maximum atomic E-state index is 13.2. The number of fused-ring (bicyclic) bond motifs is 1. The lowest BCUT2D eigenvalue weighted by Gasteiger charge is -2.22. The van der Waals surface area contributed by atoms with E-state index in [2.05, 4.69) is 0 Å². The van der Waals surface area contributed by atoms with Crippen LogP contribution in [0.25, 0.3) is 10.1 Å². The highest BCUT2D eigenvalue weighted by Gasteiger charge is 2.29. The fraction of sp³-hybridized carbons (Fsp3) is 0.318. The van der Waals surface area contributed by atoms with E-state index in [1.807, 2.05) is 50.2 Å². The van der Waals surface area contributed by atoms with E-state index in [4.69, 9.17) is 0 Å². The Kier molecular flexibility index (Phi) is 5.46. The molecule has 0 spiro atoms. The molecule has 0 aliphatic carbocycles. The van der Waals surface area contributed by atoms with Crippen LogP contribution in [0.2, 0.25) is 0 Å². The van der Waals surface area contributed by atoms with Crippen molar-refractivity contribution in [1.29, 1.82) is 0 Å². The predicted molar refractivity (Wildman–Crippen MR) is 117 cm³/mol. The van der Waals surface area contributed by atoms with Crippen molar-refractivity contribution in [2.24, 2.45) is 0 Å². The van der Waals surface area contributed by atoms with Gasteiger partial charge in [0.05, 0.1) is 9.77 Å². The molecule has 5 nitrogen and oxygen atoms in total. The summed E-state index contributed by atoms with van der Waals surface area (Å²) in [5, 5.41) is 1.11. The maximum Gasteiger partial charge on any atom is 0.264 e. The highest BCUT2D eigenvalue weighted by molar-refractivity contribution is 7.89. The summed E-state index contributed by atoms with van der Waals surface area (Å²) in [6.45, 7) is 5.61. The third-order valence-electron chi connectivity index (χ3n) is 5.44. The summed E-state index contributed by atoms with van der Waals surface area (Å²) >= 11 is 1.51. The van der Waals surface area contributed by atoms with Crippen molar-refractivity contribution in [3.05, 3.63) is 64.5 Å². The highest BCUT2D eigenvalue weighted by Crippen LogP contribution is 2.31. The highest BCUT2D eigenvalue weighted by atomic mass is 32.2. The van der Waals surface area contributed by atoms with Crippen LogP contribution >= 0.6 is 11.3 Å². The molecule has 29 heavy (non-hydrogen) atoms. The summed E-state index contributed by atoms with van der Waals surface area (Å²) < 4.78 is 28.6. The van der Waals surface area contributed by atoms with Crippen LogP contribution < -0.4 is 0 Å². The quantitative estimate of drug-likeness (QED) is 0.632. The van der Waals surface area contributed by atoms with Gasteiger partial charge in [0.1, 0.15) is 0 Å². The first kappa shape index (κ1) is 20.1. The van der Waals surface area contributed by atoms with Crippen LogP contribution in [-0.2, 0) is 10.0 Å². The molecule has 2 aromatic carbocycles. The lowest BCUT2D eigenvalue weighted by atomic mass is 10.1. The predicted octanol–water partition coefficient (Wildman–Crippen LogP) is 4.05. The van der Waals surface area contributed by atoms with E-state index < -0.39 is 10.0 Å². The van der Waals surface area contributed by atoms with Gasteiger partial charge in [-0.1, -0.05) is 35.9 Å². The first-order chi connectivity index (χ1) is 13.9. The van der Waals surface area contributed by atoms with Crippen LogP contribution in [0.3, 0.4) is 0 Å². The molecular formula is C22H24N2O3S2. The minimum atomic E-state index is -3.55. The van der Waals surface area contributed by atoms with Crippen LogP contribution in [0, 0.1) is 13.8 Å². The van der Waals surface area contributed by atoms with Crippen molar-refractivity contribution in [3.63, 3.8) is 0 Å². The van der Waals surface area contributed by atoms with E-state index in [0.29, 0.717) is 37.5 Å². The fourth-order valence-corrected chi connectivity index (χ4v) is 6.37. The molecule has 3 aromatic rings. The summed E-state index contributed by atoms with van der Waals surface area (Å²) in [7, 11) is -3.55. The molecule has 1 aliphatic rings. The van der Waals surface area contributed by atoms with Gasteiger partial charge in [0, 0.05) is 30.9 Å². The Hall–Kier alpha value is -2.22. The lowest BCUT2D eigenvalue weighted by molar-refractivity contribution is 0.0768. The number of thiophene rings is 1. The van der Waals surface area contributed by atoms with E-state index in [-0.39, 0.29) is 5.91 Å². The topological polar surface area (TPSA) is 57.7 Å². The van der Waals surface area contributed by atoms with Gasteiger partial charge in [-0.3, -0.25) is 4.79 Å². The van der Waals surface area contributed by atoms with Gasteiger partial charge in [0.2, 0.25) is 10.0 Å². The Morgan fingerprint density at radius 3 is 2.38 bits per heavy atom. The zero-order chi connectivity index (χ0) is 20.6. The van der Waals surface area contributed by atoms with Crippen molar-refractivity contribution < 1.29 is 13.2 Å². The zero-order valence-corrected chi connectivity index (χ0v) is 18.2. The molecule has 2 heterocycles. The van der Waals surface area contributed by atoms with E-state index in [9.17, 15) is 13.2 Å². The molecule has 0 saturated carbocycles. The Morgan fingerprint density at radius 1 is 0.931 bits per heavy atom.